The van der Waals surface area contributed by atoms with Gasteiger partial charge in [0.15, 0.2) is 17.9 Å². The molecule has 0 aliphatic carbocycles. The molecule has 1 fully saturated rings. The number of hydrogen-bond acceptors (Lipinski definition) is 17. The second kappa shape index (κ2) is 41.6. The average molecular weight is 1320 g/mol. The smallest absolute Gasteiger partial charge is 0.326 e. The van der Waals surface area contributed by atoms with Gasteiger partial charge in [0.1, 0.15) is 54.1 Å². The molecule has 520 valence electrons. The van der Waals surface area contributed by atoms with Crippen molar-refractivity contribution in [1.29, 1.82) is 0 Å². The molecule has 94 heavy (non-hydrogen) atoms. The number of carboxylic acid groups (broad SMARTS) is 1. The fourth-order valence-corrected chi connectivity index (χ4v) is 9.85. The second-order valence-corrected chi connectivity index (χ2v) is 23.1. The molecule has 2 aromatic rings. The summed E-state index contributed by atoms with van der Waals surface area (Å²) in [5.41, 5.74) is 46.2. The van der Waals surface area contributed by atoms with Gasteiger partial charge < -0.3 is 109 Å². The molecule has 9 atom stereocenters. The minimum atomic E-state index is -1.43. The number of carbonyl (C=O) groups excluding carboxylic acids is 10. The molecule has 0 unspecified atom stereocenters. The van der Waals surface area contributed by atoms with E-state index in [-0.39, 0.29) is 126 Å². The molecule has 3 rings (SSSR count). The van der Waals surface area contributed by atoms with Crippen LogP contribution in [0.25, 0.3) is 0 Å². The maximum absolute atomic E-state index is 14.5. The van der Waals surface area contributed by atoms with Gasteiger partial charge in [0.05, 0.1) is 19.1 Å². The number of amides is 10. The Hall–Kier alpha value is -9.86. The molecule has 1 saturated heterocycles. The number of phenols is 1. The van der Waals surface area contributed by atoms with Crippen LogP contribution in [0, 0.1) is 5.92 Å². The first-order valence-corrected chi connectivity index (χ1v) is 31.2. The Morgan fingerprint density at radius 2 is 1.02 bits per heavy atom. The van der Waals surface area contributed by atoms with Crippen molar-refractivity contribution in [3.8, 4) is 5.75 Å². The number of phenolic OH excluding ortho intramolecular Hbond substituents is 1. The molecule has 1 heterocycles. The van der Waals surface area contributed by atoms with Crippen LogP contribution in [0.4, 0.5) is 0 Å². The van der Waals surface area contributed by atoms with Crippen LogP contribution >= 0.6 is 0 Å². The third-order valence-corrected chi connectivity index (χ3v) is 14.7. The van der Waals surface area contributed by atoms with Crippen LogP contribution in [0.2, 0.25) is 0 Å². The number of likely N-dealkylation sites (tertiary alicyclic amines) is 1. The third-order valence-electron chi connectivity index (χ3n) is 14.7. The molecular weight excluding hydrogens is 1220 g/mol. The Morgan fingerprint density at radius 3 is 1.56 bits per heavy atom. The minimum Gasteiger partial charge on any atom is -0.508 e. The van der Waals surface area contributed by atoms with Crippen molar-refractivity contribution in [3.05, 3.63) is 65.7 Å². The number of guanidine groups is 3. The van der Waals surface area contributed by atoms with Crippen LogP contribution in [0.3, 0.4) is 0 Å². The topological polar surface area (TPSA) is 585 Å². The fourth-order valence-electron chi connectivity index (χ4n) is 9.85. The molecule has 27 N–H and O–H groups in total. The largest absolute Gasteiger partial charge is 0.508 e. The molecule has 34 heteroatoms. The molecule has 34 nitrogen and oxygen atoms in total. The summed E-state index contributed by atoms with van der Waals surface area (Å²) in [4.78, 5) is 164. The number of unbranched alkanes of at least 4 members (excludes halogenated alkanes) is 1. The molecule has 0 radical (unpaired) electrons. The van der Waals surface area contributed by atoms with E-state index in [1.807, 2.05) is 0 Å². The fraction of sp³-hybridized carbons (Fsp3) is 0.567. The number of aromatic hydroxyl groups is 1. The third kappa shape index (κ3) is 30.1. The summed E-state index contributed by atoms with van der Waals surface area (Å²) in [6.07, 6.45) is 1.80. The molecule has 0 saturated carbocycles. The Labute approximate surface area is 545 Å². The highest BCUT2D eigenvalue weighted by molar-refractivity contribution is 5.98. The Kier molecular flexibility index (Phi) is 34.7. The molecule has 0 bridgehead atoms. The van der Waals surface area contributed by atoms with E-state index in [4.69, 9.17) is 45.9 Å². The van der Waals surface area contributed by atoms with Gasteiger partial charge in [-0.3, -0.25) is 62.9 Å². The first-order valence-electron chi connectivity index (χ1n) is 31.2. The molecule has 0 spiro atoms. The zero-order valence-electron chi connectivity index (χ0n) is 53.6. The van der Waals surface area contributed by atoms with E-state index in [0.717, 1.165) is 0 Å². The highest BCUT2D eigenvalue weighted by Crippen LogP contribution is 2.21. The quantitative estimate of drug-likeness (QED) is 0.0168. The van der Waals surface area contributed by atoms with Gasteiger partial charge in [-0.2, -0.15) is 0 Å². The number of nitrogens with one attached hydrogen (secondary N) is 9. The molecule has 0 aromatic heterocycles. The van der Waals surface area contributed by atoms with Crippen molar-refractivity contribution in [3.63, 3.8) is 0 Å². The number of aliphatic carboxylic acids is 1. The number of carboxylic acids is 1. The van der Waals surface area contributed by atoms with Gasteiger partial charge in [0, 0.05) is 32.6 Å². The number of carbonyl (C=O) groups is 11. The normalized spacial score (nSPS) is 15.1. The van der Waals surface area contributed by atoms with Crippen molar-refractivity contribution in [1.82, 2.24) is 52.8 Å². The van der Waals surface area contributed by atoms with Gasteiger partial charge >= 0.3 is 5.97 Å². The van der Waals surface area contributed by atoms with Gasteiger partial charge in [0.2, 0.25) is 59.1 Å². The predicted molar refractivity (Wildman–Crippen MR) is 350 cm³/mol. The van der Waals surface area contributed by atoms with E-state index in [9.17, 15) is 63.0 Å². The summed E-state index contributed by atoms with van der Waals surface area (Å²) in [6, 6.07) is 3.10. The summed E-state index contributed by atoms with van der Waals surface area (Å²) in [5, 5.41) is 42.6. The number of benzene rings is 2. The predicted octanol–water partition coefficient (Wildman–Crippen LogP) is -5.44. The highest BCUT2D eigenvalue weighted by atomic mass is 16.4. The summed E-state index contributed by atoms with van der Waals surface area (Å²) in [5.74, 6) is -10.0. The Bertz CT molecular complexity index is 2920. The van der Waals surface area contributed by atoms with Crippen LogP contribution in [0.5, 0.6) is 5.75 Å². The van der Waals surface area contributed by atoms with E-state index >= 15 is 0 Å². The number of rotatable bonds is 42. The average Bonchev–Trinajstić information content (AvgIpc) is 1.63. The number of aliphatic imine (C=N–C) groups is 3. The van der Waals surface area contributed by atoms with Crippen LogP contribution in [-0.2, 0) is 65.6 Å². The van der Waals surface area contributed by atoms with Gasteiger partial charge in [-0.25, -0.2) is 4.79 Å². The standard InChI is InChI=1S/C60H97N21O13/c1-34(2)29-44(80-54(90)45(31-36-13-5-4-6-14-36)75-48(84)33-72-47(83)32-73-50(86)39(62)30-37-20-22-38(82)23-21-37)53(89)77-41(17-10-26-70-59(65)66)52(88)76-40(16-9-25-69-58(63)64)51(87)74-35(3)49(85)78-42(18-11-27-71-60(67)68)56(92)81-28-12-19-46(81)55(91)79-43(57(93)94)15-7-8-24-61/h4-6,13-14,20-23,34-35,39-46,82H,7-12,15-19,24-33,61-62H2,1-3H3,(H,72,83)(H,73,86)(H,74,87)(H,75,84)(H,76,88)(H,77,89)(H,78,85)(H,79,91)(H,80,90)(H,93,94)(H4,63,64,69)(H4,65,66,70)(H4,67,68,71)/t35-,39+,40+,41+,42+,43+,44+,45-,46+/m1/s1. The van der Waals surface area contributed by atoms with E-state index in [0.29, 0.717) is 36.9 Å². The van der Waals surface area contributed by atoms with Gasteiger partial charge in [-0.15, -0.1) is 0 Å². The van der Waals surface area contributed by atoms with Crippen molar-refractivity contribution in [2.45, 2.75) is 165 Å². The zero-order valence-corrected chi connectivity index (χ0v) is 53.6. The SMILES string of the molecule is CC(C)C[C@H](NC(=O)[C@@H](Cc1ccccc1)NC(=O)CNC(=O)CNC(=O)[C@@H](N)Cc1ccc(O)cc1)C(=O)N[C@@H](CCCN=C(N)N)C(=O)N[C@@H](CCCN=C(N)N)C(=O)N[C@H](C)C(=O)N[C@@H](CCCN=C(N)N)C(=O)N1CCC[C@H]1C(=O)N[C@@H](CCCCN)C(=O)O. The summed E-state index contributed by atoms with van der Waals surface area (Å²) >= 11 is 0. The summed E-state index contributed by atoms with van der Waals surface area (Å²) < 4.78 is 0. The number of nitrogens with zero attached hydrogens (tertiary/aromatic N) is 4. The van der Waals surface area contributed by atoms with Crippen molar-refractivity contribution >= 4 is 82.9 Å². The maximum atomic E-state index is 14.5. The lowest BCUT2D eigenvalue weighted by Gasteiger charge is -2.30. The monoisotopic (exact) mass is 1320 g/mol. The molecule has 1 aliphatic heterocycles. The van der Waals surface area contributed by atoms with Crippen molar-refractivity contribution < 1.29 is 63.0 Å². The summed E-state index contributed by atoms with van der Waals surface area (Å²) in [6.45, 7) is 4.21. The van der Waals surface area contributed by atoms with Gasteiger partial charge in [-0.1, -0.05) is 56.3 Å². The lowest BCUT2D eigenvalue weighted by atomic mass is 10.00. The Balaban J connectivity index is 1.85. The van der Waals surface area contributed by atoms with E-state index in [2.05, 4.69) is 62.8 Å². The van der Waals surface area contributed by atoms with E-state index < -0.39 is 133 Å². The van der Waals surface area contributed by atoms with E-state index in [1.54, 1.807) is 56.3 Å². The van der Waals surface area contributed by atoms with Crippen LogP contribution in [-0.4, -0.2) is 198 Å². The van der Waals surface area contributed by atoms with Crippen molar-refractivity contribution in [2.24, 2.45) is 66.8 Å². The number of nitrogens with two attached hydrogens (primary N) is 8. The zero-order chi connectivity index (χ0) is 69.9. The van der Waals surface area contributed by atoms with Gasteiger partial charge in [0.25, 0.3) is 0 Å². The minimum absolute atomic E-state index is 0.000386. The highest BCUT2D eigenvalue weighted by Gasteiger charge is 2.40. The van der Waals surface area contributed by atoms with Crippen LogP contribution < -0.4 is 93.7 Å². The second-order valence-electron chi connectivity index (χ2n) is 23.1. The maximum Gasteiger partial charge on any atom is 0.326 e. The van der Waals surface area contributed by atoms with Crippen LogP contribution in [0.1, 0.15) is 109 Å². The Morgan fingerprint density at radius 1 is 0.532 bits per heavy atom. The lowest BCUT2D eigenvalue weighted by molar-refractivity contribution is -0.145. The van der Waals surface area contributed by atoms with Crippen LogP contribution in [0.15, 0.2) is 69.6 Å². The lowest BCUT2D eigenvalue weighted by Crippen LogP contribution is -2.60. The van der Waals surface area contributed by atoms with Crippen molar-refractivity contribution in [2.75, 3.05) is 45.8 Å². The molecule has 2 aromatic carbocycles. The molecular formula is C60H97N21O13. The van der Waals surface area contributed by atoms with E-state index in [1.165, 1.54) is 24.0 Å². The number of hydrogen-bond donors (Lipinski definition) is 19. The van der Waals surface area contributed by atoms with Gasteiger partial charge in [-0.05, 0) is 126 Å². The summed E-state index contributed by atoms with van der Waals surface area (Å²) in [7, 11) is 0. The molecule has 10 amide bonds. The molecule has 1 aliphatic rings. The first-order chi connectivity index (χ1) is 44.6. The first kappa shape index (κ1) is 78.4.